The molecular weight excluding hydrogens is 231 g/mol. The number of rotatable bonds is 0. The fraction of sp³-hybridized carbons (Fsp3) is 0. The zero-order chi connectivity index (χ0) is 5.15. The van der Waals surface area contributed by atoms with Crippen LogP contribution < -0.4 is 51.4 Å². The summed E-state index contributed by atoms with van der Waals surface area (Å²) in [5.41, 5.74) is 0. The molecule has 68 valence electrons. The normalized spacial score (nSPS) is 4.00. The molecule has 0 aromatic carbocycles. The molecule has 7 nitrogen and oxygen atoms in total. The Hall–Kier alpha value is 0.976. The number of hydrogen-bond donors (Lipinski definition) is 2. The van der Waals surface area contributed by atoms with Gasteiger partial charge in [-0.05, 0) is 0 Å². The van der Waals surface area contributed by atoms with Gasteiger partial charge in [-0.15, -0.1) is 0 Å². The van der Waals surface area contributed by atoms with Crippen LogP contribution in [0.4, 0.5) is 0 Å². The molecule has 0 atom stereocenters. The van der Waals surface area contributed by atoms with Crippen LogP contribution in [0, 0.1) is 0 Å². The monoisotopic (exact) mass is 240 g/mol. The first-order valence-corrected chi connectivity index (χ1v) is 1.11. The van der Waals surface area contributed by atoms with Crippen LogP contribution in [0.25, 0.3) is 0 Å². The molecule has 0 saturated heterocycles. The summed E-state index contributed by atoms with van der Waals surface area (Å²) in [7, 11) is 0. The van der Waals surface area contributed by atoms with E-state index in [1.165, 1.54) is 0 Å². The Morgan fingerprint density at radius 1 is 0.909 bits per heavy atom. The van der Waals surface area contributed by atoms with Crippen LogP contribution in [0.2, 0.25) is 0 Å². The van der Waals surface area contributed by atoms with Crippen molar-refractivity contribution in [2.24, 2.45) is 0 Å². The van der Waals surface area contributed by atoms with Gasteiger partial charge in [-0.1, -0.05) is 0 Å². The molecule has 0 saturated carbocycles. The molecule has 11 heavy (non-hydrogen) atoms. The third kappa shape index (κ3) is 35.7. The molecule has 0 unspecified atom stereocenters. The van der Waals surface area contributed by atoms with Crippen molar-refractivity contribution in [3.63, 3.8) is 0 Å². The van der Waals surface area contributed by atoms with Crippen LogP contribution in [-0.4, -0.2) is 38.6 Å². The molecule has 0 fully saturated rings. The van der Waals surface area contributed by atoms with Gasteiger partial charge in [-0.25, -0.2) is 9.59 Å². The Morgan fingerprint density at radius 3 is 1.00 bits per heavy atom. The molecule has 0 bridgehead atoms. The number of carbonyl (C=O) groups is 2. The minimum absolute atomic E-state index is 0. The van der Waals surface area contributed by atoms with E-state index in [-0.39, 0.29) is 86.3 Å². The predicted molar refractivity (Wildman–Crippen MR) is 27.2 cm³/mol. The van der Waals surface area contributed by atoms with E-state index in [1.807, 2.05) is 0 Å². The Balaban J connectivity index is -0.00000000833. The van der Waals surface area contributed by atoms with E-state index >= 15 is 0 Å². The average molecular weight is 240 g/mol. The Bertz CT molecular complexity index is 87.4. The molecule has 9 heteroatoms. The van der Waals surface area contributed by atoms with E-state index < -0.39 is 11.9 Å². The summed E-state index contributed by atoms with van der Waals surface area (Å²) in [6.07, 6.45) is 0. The van der Waals surface area contributed by atoms with Gasteiger partial charge in [-0.3, -0.25) is 0 Å². The maximum absolute atomic E-state index is 9.10. The summed E-state index contributed by atoms with van der Waals surface area (Å²) >= 11 is 0. The molecule has 0 aromatic heterocycles. The molecule has 0 rings (SSSR count). The summed E-state index contributed by atoms with van der Waals surface area (Å²) in [4.78, 5) is 18.2. The van der Waals surface area contributed by atoms with Gasteiger partial charge in [0.2, 0.25) is 0 Å². The summed E-state index contributed by atoms with van der Waals surface area (Å²) < 4.78 is 0. The first-order valence-electron chi connectivity index (χ1n) is 1.11. The second-order valence-electron chi connectivity index (χ2n) is 0.610. The third-order valence-corrected chi connectivity index (χ3v) is 0.183. The minimum Gasteiger partial charge on any atom is -1.00 e. The largest absolute Gasteiger partial charge is 1.00 e. The molecule has 0 spiro atoms. The zero-order valence-corrected chi connectivity index (χ0v) is 9.79. The van der Waals surface area contributed by atoms with Gasteiger partial charge in [0.25, 0.3) is 0 Å². The number of carboxylic acid groups (broad SMARTS) is 2. The third-order valence-electron chi connectivity index (χ3n) is 0.183. The summed E-state index contributed by atoms with van der Waals surface area (Å²) in [5.74, 6) is -3.65. The van der Waals surface area contributed by atoms with Crippen molar-refractivity contribution in [1.82, 2.24) is 0 Å². The quantitative estimate of drug-likeness (QED) is 0.317. The number of carboxylic acids is 2. The smallest absolute Gasteiger partial charge is 1.00 e. The van der Waals surface area contributed by atoms with Crippen molar-refractivity contribution < 1.29 is 106 Å². The van der Waals surface area contributed by atoms with Gasteiger partial charge in [0, 0.05) is 17.1 Å². The molecule has 0 aliphatic carbocycles. The van der Waals surface area contributed by atoms with Crippen molar-refractivity contribution in [1.29, 1.82) is 0 Å². The molecule has 0 amide bonds. The van der Waals surface area contributed by atoms with Crippen molar-refractivity contribution in [3.05, 3.63) is 0 Å². The van der Waals surface area contributed by atoms with Crippen molar-refractivity contribution in [3.8, 4) is 0 Å². The summed E-state index contributed by atoms with van der Waals surface area (Å²) in [6.45, 7) is 0. The molecule has 0 aliphatic heterocycles. The van der Waals surface area contributed by atoms with Crippen LogP contribution in [0.1, 0.15) is 1.43 Å². The fourth-order valence-corrected chi connectivity index (χ4v) is 0. The van der Waals surface area contributed by atoms with Crippen molar-refractivity contribution in [2.75, 3.05) is 0 Å². The Morgan fingerprint density at radius 2 is 1.00 bits per heavy atom. The maximum Gasteiger partial charge on any atom is 1.00 e. The molecule has 0 radical (unpaired) electrons. The number of hydrogen-bond acceptors (Lipinski definition) is 2. The summed E-state index contributed by atoms with van der Waals surface area (Å²) in [5, 5.41) is 14.8. The molecule has 0 aromatic rings. The van der Waals surface area contributed by atoms with E-state index in [1.54, 1.807) is 0 Å². The van der Waals surface area contributed by atoms with Crippen LogP contribution >= 0.6 is 0 Å². The Labute approximate surface area is 116 Å². The first kappa shape index (κ1) is 40.4. The topological polar surface area (TPSA) is 169 Å². The first-order chi connectivity index (χ1) is 2.64. The van der Waals surface area contributed by atoms with Crippen LogP contribution in [0.3, 0.4) is 0 Å². The van der Waals surface area contributed by atoms with Crippen molar-refractivity contribution in [2.45, 2.75) is 0 Å². The van der Waals surface area contributed by atoms with Crippen LogP contribution in [0.5, 0.6) is 0 Å². The van der Waals surface area contributed by atoms with E-state index in [4.69, 9.17) is 19.8 Å². The molecule has 8 N–H and O–H groups in total. The zero-order valence-electron chi connectivity index (χ0n) is 6.56. The van der Waals surface area contributed by atoms with E-state index in [2.05, 4.69) is 0 Å². The second-order valence-corrected chi connectivity index (χ2v) is 0.610. The van der Waals surface area contributed by atoms with Gasteiger partial charge >= 0.3 is 63.3 Å². The van der Waals surface area contributed by atoms with Crippen LogP contribution in [-0.2, 0) is 26.7 Å². The number of aliphatic carboxylic acids is 2. The average Bonchev–Trinajstić information content (AvgIpc) is 1.36. The van der Waals surface area contributed by atoms with Gasteiger partial charge in [-0.2, -0.15) is 0 Å². The van der Waals surface area contributed by atoms with Gasteiger partial charge in [0.15, 0.2) is 0 Å². The van der Waals surface area contributed by atoms with Crippen LogP contribution in [0.15, 0.2) is 0 Å². The summed E-state index contributed by atoms with van der Waals surface area (Å²) in [6, 6.07) is 0. The second kappa shape index (κ2) is 22.4. The van der Waals surface area contributed by atoms with Gasteiger partial charge in [0.1, 0.15) is 0 Å². The minimum atomic E-state index is -1.82. The van der Waals surface area contributed by atoms with E-state index in [0.29, 0.717) is 0 Å². The van der Waals surface area contributed by atoms with Gasteiger partial charge in [0.05, 0.1) is 0 Å². The molecular formula is C2H9FeKO7. The standard InChI is InChI=1S/C2H2O4.Fe.K.3H2O.H/c3-1(4)2(5)6;;;;;;/h(H,3,4)(H,5,6);;;3*1H2;/q;;+1;;;;-1. The SMILES string of the molecule is O.O.O.O=C(O)C(=O)O.[Fe].[H-].[K+]. The molecule has 0 heterocycles. The molecule has 0 aliphatic rings. The van der Waals surface area contributed by atoms with Crippen molar-refractivity contribution >= 4 is 11.9 Å². The maximum atomic E-state index is 9.10. The predicted octanol–water partition coefficient (Wildman–Crippen LogP) is -6.20. The van der Waals surface area contributed by atoms with Gasteiger partial charge < -0.3 is 28.1 Å². The van der Waals surface area contributed by atoms with E-state index in [9.17, 15) is 0 Å². The Kier molecular flexibility index (Phi) is 82.4. The van der Waals surface area contributed by atoms with E-state index in [0.717, 1.165) is 0 Å². The fourth-order valence-electron chi connectivity index (χ4n) is 0.